The van der Waals surface area contributed by atoms with Crippen molar-refractivity contribution in [2.45, 2.75) is 57.9 Å². The van der Waals surface area contributed by atoms with Gasteiger partial charge in [-0.15, -0.1) is 0 Å². The Bertz CT molecular complexity index is 308. The maximum absolute atomic E-state index is 11.9. The molecule has 0 aromatic rings. The summed E-state index contributed by atoms with van der Waals surface area (Å²) >= 11 is 0. The lowest BCUT2D eigenvalue weighted by Gasteiger charge is -2.25. The van der Waals surface area contributed by atoms with E-state index in [0.29, 0.717) is 18.9 Å². The summed E-state index contributed by atoms with van der Waals surface area (Å²) < 4.78 is 5.07. The van der Waals surface area contributed by atoms with E-state index in [1.807, 2.05) is 0 Å². The Morgan fingerprint density at radius 3 is 2.56 bits per heavy atom. The van der Waals surface area contributed by atoms with Crippen LogP contribution in [0.15, 0.2) is 0 Å². The molecule has 2 fully saturated rings. The largest absolute Gasteiger partial charge is 0.464 e. The highest BCUT2D eigenvalue weighted by Crippen LogP contribution is 2.35. The molecule has 1 saturated carbocycles. The Labute approximate surface area is 108 Å². The predicted molar refractivity (Wildman–Crippen MR) is 67.9 cm³/mol. The molecule has 4 heteroatoms. The van der Waals surface area contributed by atoms with E-state index in [0.717, 1.165) is 12.8 Å². The van der Waals surface area contributed by atoms with Crippen LogP contribution in [0.25, 0.3) is 0 Å². The number of ether oxygens (including phenoxy) is 1. The van der Waals surface area contributed by atoms with Crippen LogP contribution >= 0.6 is 0 Å². The minimum Gasteiger partial charge on any atom is -0.464 e. The Morgan fingerprint density at radius 1 is 1.28 bits per heavy atom. The van der Waals surface area contributed by atoms with Crippen LogP contribution in [0.3, 0.4) is 0 Å². The average molecular weight is 253 g/mol. The van der Waals surface area contributed by atoms with Gasteiger partial charge in [0.25, 0.3) is 0 Å². The first-order chi connectivity index (χ1) is 8.72. The molecule has 4 nitrogen and oxygen atoms in total. The molecule has 2 rings (SSSR count). The van der Waals surface area contributed by atoms with Crippen LogP contribution in [0.4, 0.5) is 0 Å². The SMILES string of the molecule is CCOC(=O)C1NC(=O)CC1C1CCCCCC1. The quantitative estimate of drug-likeness (QED) is 0.618. The summed E-state index contributed by atoms with van der Waals surface area (Å²) in [7, 11) is 0. The highest BCUT2D eigenvalue weighted by molar-refractivity contribution is 5.88. The average Bonchev–Trinajstić information content (AvgIpc) is 2.58. The number of carbonyl (C=O) groups is 2. The first kappa shape index (κ1) is 13.4. The third kappa shape index (κ3) is 3.03. The van der Waals surface area contributed by atoms with E-state index < -0.39 is 6.04 Å². The zero-order valence-electron chi connectivity index (χ0n) is 11.1. The van der Waals surface area contributed by atoms with E-state index >= 15 is 0 Å². The highest BCUT2D eigenvalue weighted by Gasteiger charge is 2.42. The van der Waals surface area contributed by atoms with Crippen molar-refractivity contribution in [2.75, 3.05) is 6.61 Å². The van der Waals surface area contributed by atoms with E-state index in [2.05, 4.69) is 5.32 Å². The second-order valence-electron chi connectivity index (χ2n) is 5.42. The zero-order valence-corrected chi connectivity index (χ0v) is 11.1. The topological polar surface area (TPSA) is 55.4 Å². The maximum Gasteiger partial charge on any atom is 0.328 e. The van der Waals surface area contributed by atoms with Crippen molar-refractivity contribution in [3.8, 4) is 0 Å². The van der Waals surface area contributed by atoms with Crippen LogP contribution in [0.1, 0.15) is 51.9 Å². The lowest BCUT2D eigenvalue weighted by Crippen LogP contribution is -2.40. The summed E-state index contributed by atoms with van der Waals surface area (Å²) in [5, 5.41) is 2.79. The van der Waals surface area contributed by atoms with Crippen LogP contribution in [0, 0.1) is 11.8 Å². The summed E-state index contributed by atoms with van der Waals surface area (Å²) in [6, 6.07) is -0.402. The second-order valence-corrected chi connectivity index (χ2v) is 5.42. The van der Waals surface area contributed by atoms with Gasteiger partial charge in [0.2, 0.25) is 5.91 Å². The molecular weight excluding hydrogens is 230 g/mol. The molecule has 1 saturated heterocycles. The molecule has 1 amide bonds. The van der Waals surface area contributed by atoms with Crippen LogP contribution in [-0.2, 0) is 14.3 Å². The van der Waals surface area contributed by atoms with Crippen LogP contribution < -0.4 is 5.32 Å². The van der Waals surface area contributed by atoms with Crippen LogP contribution in [-0.4, -0.2) is 24.5 Å². The van der Waals surface area contributed by atoms with Crippen LogP contribution in [0.2, 0.25) is 0 Å². The summed E-state index contributed by atoms with van der Waals surface area (Å²) in [6.45, 7) is 2.18. The summed E-state index contributed by atoms with van der Waals surface area (Å²) in [4.78, 5) is 23.5. The van der Waals surface area contributed by atoms with E-state index in [9.17, 15) is 9.59 Å². The van der Waals surface area contributed by atoms with Gasteiger partial charge >= 0.3 is 5.97 Å². The number of hydrogen-bond donors (Lipinski definition) is 1. The fraction of sp³-hybridized carbons (Fsp3) is 0.857. The minimum atomic E-state index is -0.402. The zero-order chi connectivity index (χ0) is 13.0. The molecule has 0 aromatic heterocycles. The summed E-state index contributed by atoms with van der Waals surface area (Å²) in [5.74, 6) is 0.399. The molecule has 102 valence electrons. The van der Waals surface area contributed by atoms with E-state index in [4.69, 9.17) is 4.74 Å². The molecule has 1 aliphatic heterocycles. The molecule has 2 atom stereocenters. The first-order valence-electron chi connectivity index (χ1n) is 7.18. The maximum atomic E-state index is 11.9. The fourth-order valence-electron chi connectivity index (χ4n) is 3.32. The van der Waals surface area contributed by atoms with Crippen LogP contribution in [0.5, 0.6) is 0 Å². The van der Waals surface area contributed by atoms with Gasteiger partial charge in [0.1, 0.15) is 6.04 Å². The molecule has 1 aliphatic carbocycles. The van der Waals surface area contributed by atoms with Gasteiger partial charge in [-0.1, -0.05) is 38.5 Å². The third-order valence-corrected chi connectivity index (χ3v) is 4.21. The Hall–Kier alpha value is -1.06. The number of nitrogens with one attached hydrogen (secondary N) is 1. The number of carbonyl (C=O) groups excluding carboxylic acids is 2. The second kappa shape index (κ2) is 6.21. The molecule has 2 aliphatic rings. The number of rotatable bonds is 3. The smallest absolute Gasteiger partial charge is 0.328 e. The number of hydrogen-bond acceptors (Lipinski definition) is 3. The molecule has 0 radical (unpaired) electrons. The summed E-state index contributed by atoms with van der Waals surface area (Å²) in [5.41, 5.74) is 0. The van der Waals surface area contributed by atoms with Crippen molar-refractivity contribution >= 4 is 11.9 Å². The first-order valence-corrected chi connectivity index (χ1v) is 7.18. The molecule has 0 aromatic carbocycles. The third-order valence-electron chi connectivity index (χ3n) is 4.21. The number of amides is 1. The molecule has 1 heterocycles. The lowest BCUT2D eigenvalue weighted by atomic mass is 9.81. The van der Waals surface area contributed by atoms with Gasteiger partial charge in [0.15, 0.2) is 0 Å². The standard InChI is InChI=1S/C14H23NO3/c1-2-18-14(17)13-11(9-12(16)15-13)10-7-5-3-4-6-8-10/h10-11,13H,2-9H2,1H3,(H,15,16). The van der Waals surface area contributed by atoms with Crippen molar-refractivity contribution in [1.82, 2.24) is 5.32 Å². The molecular formula is C14H23NO3. The lowest BCUT2D eigenvalue weighted by molar-refractivity contribution is -0.147. The van der Waals surface area contributed by atoms with Gasteiger partial charge in [0, 0.05) is 12.3 Å². The number of esters is 1. The highest BCUT2D eigenvalue weighted by atomic mass is 16.5. The Balaban J connectivity index is 2.03. The van der Waals surface area contributed by atoms with Gasteiger partial charge in [-0.05, 0) is 12.8 Å². The van der Waals surface area contributed by atoms with Crippen molar-refractivity contribution < 1.29 is 14.3 Å². The van der Waals surface area contributed by atoms with Crippen molar-refractivity contribution in [3.05, 3.63) is 0 Å². The summed E-state index contributed by atoms with van der Waals surface area (Å²) in [6.07, 6.45) is 7.82. The van der Waals surface area contributed by atoms with E-state index in [1.54, 1.807) is 6.92 Å². The van der Waals surface area contributed by atoms with Gasteiger partial charge in [-0.25, -0.2) is 4.79 Å². The fourth-order valence-corrected chi connectivity index (χ4v) is 3.32. The van der Waals surface area contributed by atoms with Gasteiger partial charge in [-0.3, -0.25) is 4.79 Å². The van der Waals surface area contributed by atoms with Crippen molar-refractivity contribution in [2.24, 2.45) is 11.8 Å². The Kier molecular flexibility index (Phi) is 4.61. The van der Waals surface area contributed by atoms with Gasteiger partial charge in [0.05, 0.1) is 6.61 Å². The molecule has 0 spiro atoms. The van der Waals surface area contributed by atoms with Crippen molar-refractivity contribution in [1.29, 1.82) is 0 Å². The van der Waals surface area contributed by atoms with Gasteiger partial charge < -0.3 is 10.1 Å². The molecule has 1 N–H and O–H groups in total. The molecule has 2 unspecified atom stereocenters. The monoisotopic (exact) mass is 253 g/mol. The molecule has 0 bridgehead atoms. The van der Waals surface area contributed by atoms with E-state index in [1.165, 1.54) is 25.7 Å². The molecule has 18 heavy (non-hydrogen) atoms. The normalized spacial score (nSPS) is 29.7. The Morgan fingerprint density at radius 2 is 1.94 bits per heavy atom. The predicted octanol–water partition coefficient (Wildman–Crippen LogP) is 2.02. The van der Waals surface area contributed by atoms with Gasteiger partial charge in [-0.2, -0.15) is 0 Å². The van der Waals surface area contributed by atoms with Crippen molar-refractivity contribution in [3.63, 3.8) is 0 Å². The minimum absolute atomic E-state index is 0.00213. The van der Waals surface area contributed by atoms with E-state index in [-0.39, 0.29) is 17.8 Å².